The standard InChI is InChI=1S/C24H31F3N4O5/c1-15(2)23(21(32)29-8-4-20-16(14-29)11-19(13-28-20)31(34)35)7-3-18(12-23)30(22(33)24(25,26)27)17-5-9-36-10-6-17/h11,13,15,17-18H,3-10,12,14H2,1-2H3/t18-,23+/m1/s1. The minimum absolute atomic E-state index is 0.152. The fourth-order valence-electron chi connectivity index (χ4n) is 5.99. The lowest BCUT2D eigenvalue weighted by Crippen LogP contribution is -2.54. The van der Waals surface area contributed by atoms with Crippen molar-refractivity contribution in [1.82, 2.24) is 14.8 Å². The second-order valence-corrected chi connectivity index (χ2v) is 10.3. The molecule has 0 N–H and O–H groups in total. The number of pyridine rings is 1. The zero-order valence-corrected chi connectivity index (χ0v) is 20.4. The van der Waals surface area contributed by atoms with E-state index in [1.165, 1.54) is 12.3 Å². The summed E-state index contributed by atoms with van der Waals surface area (Å²) in [4.78, 5) is 43.9. The summed E-state index contributed by atoms with van der Waals surface area (Å²) < 4.78 is 46.1. The zero-order valence-electron chi connectivity index (χ0n) is 20.4. The number of rotatable bonds is 5. The van der Waals surface area contributed by atoms with Crippen molar-refractivity contribution in [3.05, 3.63) is 33.6 Å². The van der Waals surface area contributed by atoms with Crippen molar-refractivity contribution in [3.63, 3.8) is 0 Å². The summed E-state index contributed by atoms with van der Waals surface area (Å²) in [6, 6.07) is 0.147. The molecule has 2 fully saturated rings. The number of nitro groups is 1. The van der Waals surface area contributed by atoms with Gasteiger partial charge in [0.25, 0.3) is 5.69 Å². The van der Waals surface area contributed by atoms with E-state index < -0.39 is 34.5 Å². The Bertz CT molecular complexity index is 1030. The molecule has 12 heteroatoms. The third-order valence-corrected chi connectivity index (χ3v) is 8.03. The molecule has 9 nitrogen and oxygen atoms in total. The molecule has 0 radical (unpaired) electrons. The number of fused-ring (bicyclic) bond motifs is 1. The van der Waals surface area contributed by atoms with Crippen molar-refractivity contribution in [2.45, 2.75) is 77.2 Å². The molecule has 1 aromatic heterocycles. The van der Waals surface area contributed by atoms with Gasteiger partial charge in [-0.05, 0) is 43.6 Å². The largest absolute Gasteiger partial charge is 0.471 e. The average molecular weight is 513 g/mol. The maximum Gasteiger partial charge on any atom is 0.471 e. The van der Waals surface area contributed by atoms with Crippen LogP contribution in [-0.2, 0) is 27.3 Å². The number of hydrogen-bond donors (Lipinski definition) is 0. The lowest BCUT2D eigenvalue weighted by atomic mass is 9.73. The van der Waals surface area contributed by atoms with Gasteiger partial charge in [-0.3, -0.25) is 24.7 Å². The van der Waals surface area contributed by atoms with E-state index in [1.807, 2.05) is 13.8 Å². The van der Waals surface area contributed by atoms with Gasteiger partial charge in [0, 0.05) is 56.6 Å². The Kier molecular flexibility index (Phi) is 7.27. The van der Waals surface area contributed by atoms with Crippen molar-refractivity contribution in [2.24, 2.45) is 11.3 Å². The van der Waals surface area contributed by atoms with E-state index >= 15 is 0 Å². The molecule has 4 rings (SSSR count). The van der Waals surface area contributed by atoms with E-state index in [0.29, 0.717) is 63.1 Å². The normalized spacial score (nSPS) is 25.1. The molecular weight excluding hydrogens is 481 g/mol. The number of hydrogen-bond acceptors (Lipinski definition) is 6. The van der Waals surface area contributed by atoms with Gasteiger partial charge < -0.3 is 14.5 Å². The molecule has 3 aliphatic rings. The Balaban J connectivity index is 1.58. The number of alkyl halides is 3. The molecule has 1 saturated heterocycles. The van der Waals surface area contributed by atoms with Crippen molar-refractivity contribution >= 4 is 17.5 Å². The molecular formula is C24H31F3N4O5. The van der Waals surface area contributed by atoms with Gasteiger partial charge in [0.15, 0.2) is 0 Å². The van der Waals surface area contributed by atoms with Crippen LogP contribution in [0.25, 0.3) is 0 Å². The number of aromatic nitrogens is 1. The Labute approximate surface area is 207 Å². The maximum absolute atomic E-state index is 13.9. The van der Waals surface area contributed by atoms with E-state index in [9.17, 15) is 32.9 Å². The summed E-state index contributed by atoms with van der Waals surface area (Å²) in [5.41, 5.74) is 0.230. The SMILES string of the molecule is CC(C)[C@]1(C(=O)N2CCc3ncc([N+](=O)[O-])cc3C2)CC[C@@H](N(C(=O)C(F)(F)F)C2CCOCC2)C1. The summed E-state index contributed by atoms with van der Waals surface area (Å²) in [5.74, 6) is -2.20. The number of nitrogens with zero attached hydrogens (tertiary/aromatic N) is 4. The van der Waals surface area contributed by atoms with Crippen LogP contribution >= 0.6 is 0 Å². The first-order valence-corrected chi connectivity index (χ1v) is 12.3. The average Bonchev–Trinajstić information content (AvgIpc) is 3.29. The van der Waals surface area contributed by atoms with E-state index in [1.54, 1.807) is 4.90 Å². The Morgan fingerprint density at radius 3 is 2.56 bits per heavy atom. The topological polar surface area (TPSA) is 106 Å². The van der Waals surface area contributed by atoms with Gasteiger partial charge in [-0.1, -0.05) is 13.8 Å². The van der Waals surface area contributed by atoms with Gasteiger partial charge in [-0.15, -0.1) is 0 Å². The fourth-order valence-corrected chi connectivity index (χ4v) is 5.99. The highest BCUT2D eigenvalue weighted by Gasteiger charge is 2.55. The van der Waals surface area contributed by atoms with Gasteiger partial charge >= 0.3 is 12.1 Å². The second-order valence-electron chi connectivity index (χ2n) is 10.3. The van der Waals surface area contributed by atoms with E-state index in [-0.39, 0.29) is 30.5 Å². The Hall–Kier alpha value is -2.76. The quantitative estimate of drug-likeness (QED) is 0.441. The maximum atomic E-state index is 13.9. The number of ether oxygens (including phenoxy) is 1. The van der Waals surface area contributed by atoms with Crippen molar-refractivity contribution in [3.8, 4) is 0 Å². The highest BCUT2D eigenvalue weighted by Crippen LogP contribution is 2.49. The molecule has 0 aromatic carbocycles. The highest BCUT2D eigenvalue weighted by molar-refractivity contribution is 5.85. The molecule has 2 atom stereocenters. The summed E-state index contributed by atoms with van der Waals surface area (Å²) in [6.45, 7) is 4.89. The molecule has 2 amide bonds. The Morgan fingerprint density at radius 1 is 1.25 bits per heavy atom. The smallest absolute Gasteiger partial charge is 0.381 e. The minimum atomic E-state index is -5.00. The second kappa shape index (κ2) is 9.95. The molecule has 0 spiro atoms. The molecule has 36 heavy (non-hydrogen) atoms. The number of carbonyl (C=O) groups is 2. The third kappa shape index (κ3) is 4.91. The molecule has 0 unspecified atom stereocenters. The predicted molar refractivity (Wildman–Crippen MR) is 122 cm³/mol. The molecule has 1 aromatic rings. The third-order valence-electron chi connectivity index (χ3n) is 8.03. The van der Waals surface area contributed by atoms with Gasteiger partial charge in [0.05, 0.1) is 10.3 Å². The summed E-state index contributed by atoms with van der Waals surface area (Å²) >= 11 is 0. The lowest BCUT2D eigenvalue weighted by Gasteiger charge is -2.42. The van der Waals surface area contributed by atoms with Crippen molar-refractivity contribution < 1.29 is 32.4 Å². The van der Waals surface area contributed by atoms with Crippen LogP contribution in [0.15, 0.2) is 12.3 Å². The summed E-state index contributed by atoms with van der Waals surface area (Å²) in [5, 5.41) is 11.2. The van der Waals surface area contributed by atoms with Crippen molar-refractivity contribution in [1.29, 1.82) is 0 Å². The number of halogens is 3. The molecule has 2 aliphatic heterocycles. The van der Waals surface area contributed by atoms with Gasteiger partial charge in [0.2, 0.25) is 5.91 Å². The predicted octanol–water partition coefficient (Wildman–Crippen LogP) is 3.64. The van der Waals surface area contributed by atoms with Crippen LogP contribution in [-0.4, -0.2) is 69.5 Å². The van der Waals surface area contributed by atoms with Gasteiger partial charge in [0.1, 0.15) is 6.20 Å². The van der Waals surface area contributed by atoms with Gasteiger partial charge in [-0.2, -0.15) is 13.2 Å². The number of carbonyl (C=O) groups excluding carboxylic acids is 2. The molecule has 1 saturated carbocycles. The zero-order chi connectivity index (χ0) is 26.3. The minimum Gasteiger partial charge on any atom is -0.381 e. The summed E-state index contributed by atoms with van der Waals surface area (Å²) in [7, 11) is 0. The van der Waals surface area contributed by atoms with Crippen LogP contribution in [0.3, 0.4) is 0 Å². The van der Waals surface area contributed by atoms with Crippen LogP contribution in [0.2, 0.25) is 0 Å². The first-order chi connectivity index (χ1) is 16.9. The first-order valence-electron chi connectivity index (χ1n) is 12.3. The van der Waals surface area contributed by atoms with Crippen LogP contribution in [0.4, 0.5) is 18.9 Å². The van der Waals surface area contributed by atoms with E-state index in [0.717, 1.165) is 4.90 Å². The molecule has 198 valence electrons. The van der Waals surface area contributed by atoms with Crippen LogP contribution in [0.1, 0.15) is 57.2 Å². The lowest BCUT2D eigenvalue weighted by molar-refractivity contribution is -0.385. The fraction of sp³-hybridized carbons (Fsp3) is 0.708. The Morgan fingerprint density at radius 2 is 1.94 bits per heavy atom. The van der Waals surface area contributed by atoms with Crippen molar-refractivity contribution in [2.75, 3.05) is 19.8 Å². The molecule has 1 aliphatic carbocycles. The molecule has 0 bridgehead atoms. The monoisotopic (exact) mass is 512 g/mol. The highest BCUT2D eigenvalue weighted by atomic mass is 19.4. The first kappa shape index (κ1) is 26.3. The van der Waals surface area contributed by atoms with E-state index in [2.05, 4.69) is 4.98 Å². The van der Waals surface area contributed by atoms with Crippen LogP contribution in [0, 0.1) is 21.4 Å². The number of amides is 2. The summed E-state index contributed by atoms with van der Waals surface area (Å²) in [6.07, 6.45) is -1.86. The van der Waals surface area contributed by atoms with Crippen LogP contribution in [0.5, 0.6) is 0 Å². The molecule has 3 heterocycles. The van der Waals surface area contributed by atoms with E-state index in [4.69, 9.17) is 4.74 Å². The van der Waals surface area contributed by atoms with Gasteiger partial charge in [-0.25, -0.2) is 0 Å². The van der Waals surface area contributed by atoms with Crippen LogP contribution < -0.4 is 0 Å².